The van der Waals surface area contributed by atoms with Crippen LogP contribution < -0.4 is 14.2 Å². The molecule has 0 aromatic heterocycles. The summed E-state index contributed by atoms with van der Waals surface area (Å²) in [6.45, 7) is 14.5. The zero-order valence-corrected chi connectivity index (χ0v) is 42.6. The van der Waals surface area contributed by atoms with Crippen molar-refractivity contribution in [2.45, 2.75) is 193 Å². The fraction of sp³-hybridized carbons (Fsp3) is 0.660. The second kappa shape index (κ2) is 29.2. The minimum atomic E-state index is -1.33. The first-order valence-electron chi connectivity index (χ1n) is 24.9. The van der Waals surface area contributed by atoms with E-state index in [9.17, 15) is 0 Å². The van der Waals surface area contributed by atoms with Crippen LogP contribution in [0.25, 0.3) is 0 Å². The molecule has 6 rings (SSSR count). The zero-order chi connectivity index (χ0) is 44.6. The maximum absolute atomic E-state index is 6.21. The summed E-state index contributed by atoms with van der Waals surface area (Å²) >= 11 is -1.33. The normalized spacial score (nSPS) is 20.0. The predicted octanol–water partition coefficient (Wildman–Crippen LogP) is 15.8. The third-order valence-electron chi connectivity index (χ3n) is 13.8. The van der Waals surface area contributed by atoms with Gasteiger partial charge < -0.3 is 14.2 Å². The molecule has 0 amide bonds. The van der Waals surface area contributed by atoms with E-state index in [1.807, 2.05) is 0 Å². The first-order valence-corrected chi connectivity index (χ1v) is 29.5. The van der Waals surface area contributed by atoms with Gasteiger partial charge in [0, 0.05) is 32.7 Å². The molecule has 3 heterocycles. The molecule has 6 nitrogen and oxygen atoms in total. The van der Waals surface area contributed by atoms with Gasteiger partial charge in [0.1, 0.15) is 17.2 Å². The van der Waals surface area contributed by atoms with Crippen LogP contribution in [0.1, 0.15) is 179 Å². The summed E-state index contributed by atoms with van der Waals surface area (Å²) < 4.78 is 18.5. The quantitative estimate of drug-likeness (QED) is 0.0489. The van der Waals surface area contributed by atoms with E-state index < -0.39 is 11.2 Å². The zero-order valence-electron chi connectivity index (χ0n) is 39.2. The van der Waals surface area contributed by atoms with Gasteiger partial charge in [-0.15, -0.1) is 0 Å². The molecular formula is C53H81Cl3FeN3O3. The van der Waals surface area contributed by atoms with Gasteiger partial charge >= 0.3 is 41.5 Å². The second-order valence-corrected chi connectivity index (χ2v) is 23.8. The van der Waals surface area contributed by atoms with Gasteiger partial charge in [0.2, 0.25) is 0 Å². The topological polar surface area (TPSA) is 37.4 Å². The van der Waals surface area contributed by atoms with Crippen molar-refractivity contribution in [1.29, 1.82) is 0 Å². The summed E-state index contributed by atoms with van der Waals surface area (Å²) in [6.07, 6.45) is 28.1. The Bertz CT molecular complexity index is 1560. The van der Waals surface area contributed by atoms with Gasteiger partial charge in [-0.05, 0) is 98.0 Å². The molecule has 3 aliphatic rings. The summed E-state index contributed by atoms with van der Waals surface area (Å²) in [5.41, 5.74) is 4.30. The Morgan fingerprint density at radius 2 is 0.698 bits per heavy atom. The molecule has 63 heavy (non-hydrogen) atoms. The predicted molar refractivity (Wildman–Crippen MR) is 264 cm³/mol. The summed E-state index contributed by atoms with van der Waals surface area (Å²) in [4.78, 5) is 8.52. The average molecular weight is 970 g/mol. The van der Waals surface area contributed by atoms with E-state index in [1.54, 1.807) is 0 Å². The molecule has 3 aromatic carbocycles. The van der Waals surface area contributed by atoms with Gasteiger partial charge in [0.15, 0.2) is 0 Å². The van der Waals surface area contributed by atoms with E-state index in [-0.39, 0.29) is 11.3 Å². The maximum atomic E-state index is 6.21. The molecule has 0 bridgehead atoms. The molecule has 2 spiro atoms. The van der Waals surface area contributed by atoms with Gasteiger partial charge in [-0.2, -0.15) is 0 Å². The van der Waals surface area contributed by atoms with Crippen molar-refractivity contribution in [3.63, 3.8) is 0 Å². The Morgan fingerprint density at radius 1 is 0.413 bits per heavy atom. The Kier molecular flexibility index (Phi) is 24.2. The van der Waals surface area contributed by atoms with Crippen molar-refractivity contribution in [2.24, 2.45) is 0 Å². The van der Waals surface area contributed by atoms with Crippen LogP contribution in [0.4, 0.5) is 0 Å². The van der Waals surface area contributed by atoms with E-state index in [0.29, 0.717) is 0 Å². The van der Waals surface area contributed by atoms with Gasteiger partial charge in [0.05, 0.1) is 31.1 Å². The summed E-state index contributed by atoms with van der Waals surface area (Å²) in [5, 5.41) is 0. The monoisotopic (exact) mass is 968 g/mol. The molecule has 3 fully saturated rings. The Balaban J connectivity index is 0.00000179. The van der Waals surface area contributed by atoms with Crippen LogP contribution in [-0.4, -0.2) is 58.9 Å². The summed E-state index contributed by atoms with van der Waals surface area (Å²) in [5.74, 6) is 3.01. The molecule has 3 saturated heterocycles. The number of hydrogen-bond acceptors (Lipinski definition) is 6. The minimum absolute atomic E-state index is 0.0762. The number of hydrogen-bond donors (Lipinski definition) is 0. The number of halogens is 3. The molecule has 0 radical (unpaired) electrons. The van der Waals surface area contributed by atoms with Crippen LogP contribution in [0.5, 0.6) is 17.2 Å². The number of likely N-dealkylation sites (tertiary alicyclic amines) is 3. The molecule has 0 saturated carbocycles. The fourth-order valence-corrected chi connectivity index (χ4v) is 9.95. The number of nitrogens with zero attached hydrogens (tertiary/aromatic N) is 3. The second-order valence-electron chi connectivity index (χ2n) is 18.3. The Hall–Kier alpha value is -1.67. The van der Waals surface area contributed by atoms with E-state index >= 15 is 0 Å². The Labute approximate surface area is 400 Å². The molecule has 3 aliphatic heterocycles. The van der Waals surface area contributed by atoms with E-state index in [0.717, 1.165) is 89.1 Å². The molecule has 2 unspecified atom stereocenters. The van der Waals surface area contributed by atoms with Crippen molar-refractivity contribution < 1.29 is 25.4 Å². The van der Waals surface area contributed by atoms with Crippen LogP contribution in [0.15, 0.2) is 72.8 Å². The summed E-state index contributed by atoms with van der Waals surface area (Å²) in [7, 11) is 14.7. The average Bonchev–Trinajstić information content (AvgIpc) is 3.66. The molecule has 355 valence electrons. The molecule has 2 atom stereocenters. The van der Waals surface area contributed by atoms with Crippen molar-refractivity contribution >= 4 is 30.3 Å². The number of ether oxygens (including phenoxy) is 3. The fourth-order valence-electron chi connectivity index (χ4n) is 9.95. The van der Waals surface area contributed by atoms with Gasteiger partial charge in [-0.1, -0.05) is 153 Å². The first-order chi connectivity index (χ1) is 30.8. The van der Waals surface area contributed by atoms with Gasteiger partial charge in [0.25, 0.3) is 0 Å². The van der Waals surface area contributed by atoms with Crippen LogP contribution in [0.2, 0.25) is 0 Å². The van der Waals surface area contributed by atoms with Crippen molar-refractivity contribution in [3.05, 3.63) is 89.5 Å². The number of benzene rings is 3. The van der Waals surface area contributed by atoms with E-state index in [2.05, 4.69) is 108 Å². The number of rotatable bonds is 30. The molecule has 10 heteroatoms. The Morgan fingerprint density at radius 3 is 0.984 bits per heavy atom. The molecule has 0 N–H and O–H groups in total. The standard InChI is InChI=1S/C53H81N3O3.3ClH.Fe/c1-4-7-10-13-16-19-40-57-49-28-22-46(23-29-49)43-54-38-36-52(54)34-35-53(56(52)45-48-26-32-51(33-27-48)59-42-21-18-15-12-9-6-3)37-39-55(53)44-47-24-30-50(31-25-47)58-41-20-17-14-11-8-5-2;;;;/h22-33H,4-21,34-45H2,1-3H3;3*1H;/q;;;;+3/p-3. The third kappa shape index (κ3) is 16.9. The van der Waals surface area contributed by atoms with Crippen molar-refractivity contribution in [1.82, 2.24) is 14.7 Å². The van der Waals surface area contributed by atoms with E-state index in [4.69, 9.17) is 44.5 Å². The van der Waals surface area contributed by atoms with E-state index in [1.165, 1.54) is 139 Å². The van der Waals surface area contributed by atoms with Crippen LogP contribution in [0, 0.1) is 0 Å². The number of unbranched alkanes of at least 4 members (excludes halogenated alkanes) is 15. The third-order valence-corrected chi connectivity index (χ3v) is 13.8. The molecule has 3 aromatic rings. The van der Waals surface area contributed by atoms with Crippen LogP contribution in [0.3, 0.4) is 0 Å². The van der Waals surface area contributed by atoms with Crippen molar-refractivity contribution in [3.8, 4) is 17.2 Å². The van der Waals surface area contributed by atoms with Gasteiger partial charge in [-0.3, -0.25) is 14.7 Å². The van der Waals surface area contributed by atoms with Gasteiger partial charge in [-0.25, -0.2) is 0 Å². The van der Waals surface area contributed by atoms with Crippen molar-refractivity contribution in [2.75, 3.05) is 32.9 Å². The molecule has 0 aliphatic carbocycles. The first kappa shape index (κ1) is 52.3. The SMILES string of the molecule is CCCCCCCCOc1ccc(CN2CCC23CCC2(CCN2Cc2ccc(OCCCCCCCC)cc2)N3Cc2ccc(OCCCCCCCC)cc2)cc1.[Cl][Fe]([Cl])[Cl]. The van der Waals surface area contributed by atoms with Crippen LogP contribution in [-0.2, 0) is 30.8 Å². The van der Waals surface area contributed by atoms with Crippen LogP contribution >= 0.6 is 30.3 Å². The molecular weight excluding hydrogens is 889 g/mol. The summed E-state index contributed by atoms with van der Waals surface area (Å²) in [6, 6.07) is 27.1.